The first-order valence-electron chi connectivity index (χ1n) is 9.19. The maximum atomic E-state index is 13.2. The van der Waals surface area contributed by atoms with E-state index in [9.17, 15) is 14.7 Å². The number of aliphatic carboxylic acids is 1. The number of nitrogens with zero attached hydrogens (tertiary/aromatic N) is 2. The van der Waals surface area contributed by atoms with E-state index >= 15 is 0 Å². The smallest absolute Gasteiger partial charge is 0.307 e. The largest absolute Gasteiger partial charge is 0.481 e. The standard InChI is InChI=1S/C20H30N2O3/c1-5-11-22-15(3)7-6-8-18(22)20(25)21(4)17-10-9-14(2)12-16(17)13-19(23)24/h9-10,12,15,18H,5-8,11,13H2,1-4H3,(H,23,24)/t15?,18-/m0/s1. The lowest BCUT2D eigenvalue weighted by molar-refractivity contribution is -0.136. The van der Waals surface area contributed by atoms with E-state index in [2.05, 4.69) is 18.7 Å². The number of likely N-dealkylation sites (N-methyl/N-ethyl adjacent to an activating group) is 1. The third kappa shape index (κ3) is 4.60. The monoisotopic (exact) mass is 346 g/mol. The summed E-state index contributed by atoms with van der Waals surface area (Å²) in [6.45, 7) is 7.18. The van der Waals surface area contributed by atoms with E-state index in [1.54, 1.807) is 11.9 Å². The lowest BCUT2D eigenvalue weighted by Gasteiger charge is -2.41. The molecule has 2 atom stereocenters. The number of carboxylic acid groups (broad SMARTS) is 1. The number of amides is 1. The number of carboxylic acids is 1. The lowest BCUT2D eigenvalue weighted by atomic mass is 9.94. The summed E-state index contributed by atoms with van der Waals surface area (Å²) in [5.74, 6) is -0.818. The van der Waals surface area contributed by atoms with Gasteiger partial charge in [0.05, 0.1) is 12.5 Å². The number of anilines is 1. The Kier molecular flexibility index (Phi) is 6.59. The number of carbonyl (C=O) groups is 2. The van der Waals surface area contributed by atoms with Gasteiger partial charge in [-0.2, -0.15) is 0 Å². The van der Waals surface area contributed by atoms with E-state index in [-0.39, 0.29) is 18.4 Å². The zero-order chi connectivity index (χ0) is 18.6. The SMILES string of the molecule is CCCN1C(C)CCC[C@H]1C(=O)N(C)c1ccc(C)cc1CC(=O)O. The van der Waals surface area contributed by atoms with Crippen molar-refractivity contribution in [3.63, 3.8) is 0 Å². The molecule has 0 radical (unpaired) electrons. The topological polar surface area (TPSA) is 60.9 Å². The summed E-state index contributed by atoms with van der Waals surface area (Å²) in [7, 11) is 1.77. The molecule has 1 fully saturated rings. The first-order chi connectivity index (χ1) is 11.8. The lowest BCUT2D eigenvalue weighted by Crippen LogP contribution is -2.53. The summed E-state index contributed by atoms with van der Waals surface area (Å²) in [4.78, 5) is 28.4. The molecule has 1 saturated heterocycles. The van der Waals surface area contributed by atoms with Crippen molar-refractivity contribution in [2.24, 2.45) is 0 Å². The quantitative estimate of drug-likeness (QED) is 0.859. The highest BCUT2D eigenvalue weighted by atomic mass is 16.4. The van der Waals surface area contributed by atoms with Gasteiger partial charge in [0.15, 0.2) is 0 Å². The molecular weight excluding hydrogens is 316 g/mol. The van der Waals surface area contributed by atoms with Crippen molar-refractivity contribution in [2.75, 3.05) is 18.5 Å². The van der Waals surface area contributed by atoms with E-state index in [0.29, 0.717) is 17.3 Å². The van der Waals surface area contributed by atoms with E-state index < -0.39 is 5.97 Å². The molecule has 0 spiro atoms. The van der Waals surface area contributed by atoms with Gasteiger partial charge >= 0.3 is 5.97 Å². The third-order valence-corrected chi connectivity index (χ3v) is 5.10. The van der Waals surface area contributed by atoms with E-state index in [4.69, 9.17) is 0 Å². The van der Waals surface area contributed by atoms with Crippen molar-refractivity contribution in [2.45, 2.75) is 65.0 Å². The second-order valence-electron chi connectivity index (χ2n) is 7.13. The third-order valence-electron chi connectivity index (χ3n) is 5.10. The van der Waals surface area contributed by atoms with Gasteiger partial charge in [-0.25, -0.2) is 0 Å². The molecule has 1 aliphatic heterocycles. The normalized spacial score (nSPS) is 21.1. The van der Waals surface area contributed by atoms with Crippen LogP contribution >= 0.6 is 0 Å². The summed E-state index contributed by atoms with van der Waals surface area (Å²) < 4.78 is 0. The van der Waals surface area contributed by atoms with Crippen LogP contribution in [0.3, 0.4) is 0 Å². The summed E-state index contributed by atoms with van der Waals surface area (Å²) in [6, 6.07) is 5.94. The van der Waals surface area contributed by atoms with Crippen LogP contribution in [0.25, 0.3) is 0 Å². The second kappa shape index (κ2) is 8.48. The highest BCUT2D eigenvalue weighted by Gasteiger charge is 2.34. The van der Waals surface area contributed by atoms with Crippen LogP contribution in [-0.2, 0) is 16.0 Å². The number of hydrogen-bond acceptors (Lipinski definition) is 3. The number of benzene rings is 1. The number of aryl methyl sites for hydroxylation is 1. The van der Waals surface area contributed by atoms with Gasteiger partial charge in [-0.1, -0.05) is 24.6 Å². The van der Waals surface area contributed by atoms with Crippen molar-refractivity contribution < 1.29 is 14.7 Å². The maximum absolute atomic E-state index is 13.2. The van der Waals surface area contributed by atoms with Gasteiger partial charge in [0.2, 0.25) is 5.91 Å². The van der Waals surface area contributed by atoms with Crippen LogP contribution in [0, 0.1) is 6.92 Å². The van der Waals surface area contributed by atoms with Gasteiger partial charge in [-0.3, -0.25) is 14.5 Å². The molecule has 0 bridgehead atoms. The van der Waals surface area contributed by atoms with Crippen molar-refractivity contribution in [3.8, 4) is 0 Å². The number of likely N-dealkylation sites (tertiary alicyclic amines) is 1. The molecule has 1 N–H and O–H groups in total. The van der Waals surface area contributed by atoms with Crippen LogP contribution in [0.15, 0.2) is 18.2 Å². The van der Waals surface area contributed by atoms with Gasteiger partial charge in [0, 0.05) is 18.8 Å². The molecule has 0 saturated carbocycles. The van der Waals surface area contributed by atoms with E-state index in [1.807, 2.05) is 25.1 Å². The van der Waals surface area contributed by atoms with Gasteiger partial charge < -0.3 is 10.0 Å². The number of piperidine rings is 1. The predicted molar refractivity (Wildman–Crippen MR) is 100 cm³/mol. The Hall–Kier alpha value is -1.88. The summed E-state index contributed by atoms with van der Waals surface area (Å²) in [6.07, 6.45) is 4.00. The van der Waals surface area contributed by atoms with E-state index in [1.165, 1.54) is 0 Å². The molecule has 1 aliphatic rings. The van der Waals surface area contributed by atoms with Gasteiger partial charge in [0.25, 0.3) is 0 Å². The molecule has 1 aromatic rings. The van der Waals surface area contributed by atoms with Crippen LogP contribution in [0.2, 0.25) is 0 Å². The van der Waals surface area contributed by atoms with Crippen molar-refractivity contribution in [1.29, 1.82) is 0 Å². The molecule has 5 heteroatoms. The molecular formula is C20H30N2O3. The van der Waals surface area contributed by atoms with Gasteiger partial charge in [-0.05, 0) is 57.7 Å². The minimum Gasteiger partial charge on any atom is -0.481 e. The number of rotatable bonds is 6. The molecule has 138 valence electrons. The molecule has 1 heterocycles. The number of carbonyl (C=O) groups excluding carboxylic acids is 1. The number of hydrogen-bond donors (Lipinski definition) is 1. The fourth-order valence-electron chi connectivity index (χ4n) is 3.83. The Balaban J connectivity index is 2.28. The molecule has 1 amide bonds. The molecule has 25 heavy (non-hydrogen) atoms. The molecule has 1 aromatic carbocycles. The Bertz CT molecular complexity index is 629. The fourth-order valence-corrected chi connectivity index (χ4v) is 3.83. The van der Waals surface area contributed by atoms with Crippen LogP contribution in [0.5, 0.6) is 0 Å². The van der Waals surface area contributed by atoms with Crippen LogP contribution in [-0.4, -0.2) is 47.6 Å². The fraction of sp³-hybridized carbons (Fsp3) is 0.600. The predicted octanol–water partition coefficient (Wildman–Crippen LogP) is 3.24. The van der Waals surface area contributed by atoms with Crippen LogP contribution in [0.1, 0.15) is 50.7 Å². The Morgan fingerprint density at radius 3 is 2.68 bits per heavy atom. The molecule has 2 rings (SSSR count). The zero-order valence-electron chi connectivity index (χ0n) is 15.8. The zero-order valence-corrected chi connectivity index (χ0v) is 15.8. The van der Waals surface area contributed by atoms with Crippen LogP contribution < -0.4 is 4.90 Å². The summed E-state index contributed by atoms with van der Waals surface area (Å²) >= 11 is 0. The van der Waals surface area contributed by atoms with E-state index in [0.717, 1.165) is 37.8 Å². The Labute approximate surface area is 150 Å². The summed E-state index contributed by atoms with van der Waals surface area (Å²) in [5, 5.41) is 9.19. The minimum absolute atomic E-state index is 0.0653. The van der Waals surface area contributed by atoms with Gasteiger partial charge in [0.1, 0.15) is 0 Å². The highest BCUT2D eigenvalue weighted by molar-refractivity contribution is 5.98. The first-order valence-corrected chi connectivity index (χ1v) is 9.19. The average Bonchev–Trinajstić information content (AvgIpc) is 2.55. The molecule has 1 unspecified atom stereocenters. The second-order valence-corrected chi connectivity index (χ2v) is 7.13. The Morgan fingerprint density at radius 2 is 2.04 bits per heavy atom. The summed E-state index contributed by atoms with van der Waals surface area (Å²) in [5.41, 5.74) is 2.39. The van der Waals surface area contributed by atoms with Crippen molar-refractivity contribution in [3.05, 3.63) is 29.3 Å². The first kappa shape index (κ1) is 19.4. The minimum atomic E-state index is -0.883. The molecule has 0 aliphatic carbocycles. The Morgan fingerprint density at radius 1 is 1.32 bits per heavy atom. The van der Waals surface area contributed by atoms with Crippen molar-refractivity contribution >= 4 is 17.6 Å². The molecule has 5 nitrogen and oxygen atoms in total. The van der Waals surface area contributed by atoms with Crippen LogP contribution in [0.4, 0.5) is 5.69 Å². The van der Waals surface area contributed by atoms with Crippen molar-refractivity contribution in [1.82, 2.24) is 4.90 Å². The highest BCUT2D eigenvalue weighted by Crippen LogP contribution is 2.28. The van der Waals surface area contributed by atoms with Gasteiger partial charge in [-0.15, -0.1) is 0 Å². The molecule has 0 aromatic heterocycles. The average molecular weight is 346 g/mol. The maximum Gasteiger partial charge on any atom is 0.307 e.